The number of hydrogen-bond acceptors (Lipinski definition) is 4. The van der Waals surface area contributed by atoms with Crippen LogP contribution in [0.15, 0.2) is 24.5 Å². The summed E-state index contributed by atoms with van der Waals surface area (Å²) in [5.41, 5.74) is 2.57. The van der Waals surface area contributed by atoms with Gasteiger partial charge >= 0.3 is 0 Å². The zero-order valence-electron chi connectivity index (χ0n) is 14.4. The van der Waals surface area contributed by atoms with Crippen LogP contribution in [0.5, 0.6) is 0 Å². The minimum Gasteiger partial charge on any atom is -0.345 e. The van der Waals surface area contributed by atoms with Gasteiger partial charge in [-0.05, 0) is 31.7 Å². The fourth-order valence-corrected chi connectivity index (χ4v) is 3.69. The Kier molecular flexibility index (Phi) is 4.53. The van der Waals surface area contributed by atoms with E-state index in [9.17, 15) is 13.6 Å². The zero-order chi connectivity index (χ0) is 18.1. The van der Waals surface area contributed by atoms with Crippen LogP contribution in [-0.2, 0) is 24.2 Å². The number of carbonyl (C=O) groups is 1. The van der Waals surface area contributed by atoms with Crippen LogP contribution in [0.25, 0.3) is 0 Å². The van der Waals surface area contributed by atoms with Gasteiger partial charge in [-0.3, -0.25) is 4.79 Å². The number of fused-ring (bicyclic) bond motifs is 1. The monoisotopic (exact) mass is 358 g/mol. The number of aryl methyl sites for hydroxylation is 1. The number of amides is 1. The van der Waals surface area contributed by atoms with Crippen molar-refractivity contribution in [2.45, 2.75) is 32.2 Å². The standard InChI is InChI=1S/C19H20F2N4O/c20-14-6-5-13(16(21)9-14)10-24-7-8-25(11-18(24)26)19-15-3-1-2-4-17(15)22-12-23-19/h5-6,9,12H,1-4,7-8,10-11H2. The second-order valence-corrected chi connectivity index (χ2v) is 6.80. The van der Waals surface area contributed by atoms with Crippen molar-refractivity contribution < 1.29 is 13.6 Å². The van der Waals surface area contributed by atoms with Crippen molar-refractivity contribution in [3.05, 3.63) is 53.0 Å². The van der Waals surface area contributed by atoms with E-state index in [1.807, 2.05) is 4.90 Å². The van der Waals surface area contributed by atoms with Gasteiger partial charge in [0, 0.05) is 42.5 Å². The topological polar surface area (TPSA) is 49.3 Å². The van der Waals surface area contributed by atoms with Gasteiger partial charge in [0.1, 0.15) is 23.8 Å². The summed E-state index contributed by atoms with van der Waals surface area (Å²) in [6.07, 6.45) is 5.73. The maximum atomic E-state index is 13.9. The molecule has 1 aliphatic heterocycles. The van der Waals surface area contributed by atoms with Gasteiger partial charge in [0.25, 0.3) is 0 Å². The number of rotatable bonds is 3. The van der Waals surface area contributed by atoms with Crippen molar-refractivity contribution >= 4 is 11.7 Å². The predicted molar refractivity (Wildman–Crippen MR) is 92.7 cm³/mol. The summed E-state index contributed by atoms with van der Waals surface area (Å²) in [5.74, 6) is -0.458. The number of halogens is 2. The number of piperazine rings is 1. The molecule has 2 aliphatic rings. The van der Waals surface area contributed by atoms with Crippen LogP contribution >= 0.6 is 0 Å². The second kappa shape index (κ2) is 6.97. The molecular weight excluding hydrogens is 338 g/mol. The molecule has 0 bridgehead atoms. The molecule has 0 radical (unpaired) electrons. The smallest absolute Gasteiger partial charge is 0.242 e. The molecule has 1 saturated heterocycles. The average Bonchev–Trinajstić information content (AvgIpc) is 2.65. The molecule has 0 spiro atoms. The quantitative estimate of drug-likeness (QED) is 0.846. The molecule has 1 aromatic carbocycles. The van der Waals surface area contributed by atoms with E-state index in [0.29, 0.717) is 18.7 Å². The van der Waals surface area contributed by atoms with Crippen molar-refractivity contribution in [3.8, 4) is 0 Å². The number of hydrogen-bond donors (Lipinski definition) is 0. The highest BCUT2D eigenvalue weighted by Crippen LogP contribution is 2.28. The molecule has 0 atom stereocenters. The number of anilines is 1. The van der Waals surface area contributed by atoms with Gasteiger partial charge < -0.3 is 9.80 Å². The molecule has 5 nitrogen and oxygen atoms in total. The van der Waals surface area contributed by atoms with E-state index >= 15 is 0 Å². The van der Waals surface area contributed by atoms with Crippen LogP contribution in [0.4, 0.5) is 14.6 Å². The fraction of sp³-hybridized carbons (Fsp3) is 0.421. The van der Waals surface area contributed by atoms with E-state index in [1.54, 1.807) is 11.2 Å². The van der Waals surface area contributed by atoms with Crippen molar-refractivity contribution in [2.24, 2.45) is 0 Å². The van der Waals surface area contributed by atoms with Crippen molar-refractivity contribution in [1.82, 2.24) is 14.9 Å². The first-order valence-electron chi connectivity index (χ1n) is 8.91. The Labute approximate surface area is 150 Å². The average molecular weight is 358 g/mol. The molecule has 0 unspecified atom stereocenters. The lowest BCUT2D eigenvalue weighted by Gasteiger charge is -2.36. The Morgan fingerprint density at radius 3 is 2.73 bits per heavy atom. The maximum absolute atomic E-state index is 13.9. The number of nitrogens with zero attached hydrogens (tertiary/aromatic N) is 4. The maximum Gasteiger partial charge on any atom is 0.242 e. The van der Waals surface area contributed by atoms with E-state index in [-0.39, 0.29) is 19.0 Å². The van der Waals surface area contributed by atoms with E-state index in [0.717, 1.165) is 48.8 Å². The van der Waals surface area contributed by atoms with Crippen LogP contribution < -0.4 is 4.90 Å². The summed E-state index contributed by atoms with van der Waals surface area (Å²) in [5, 5.41) is 0. The summed E-state index contributed by atoms with van der Waals surface area (Å²) in [6.45, 7) is 1.49. The SMILES string of the molecule is O=C1CN(c2ncnc3c2CCCC3)CCN1Cc1ccc(F)cc1F. The lowest BCUT2D eigenvalue weighted by molar-refractivity contribution is -0.131. The molecule has 4 rings (SSSR count). The second-order valence-electron chi connectivity index (χ2n) is 6.80. The third-order valence-corrected chi connectivity index (χ3v) is 5.10. The summed E-state index contributed by atoms with van der Waals surface area (Å²) < 4.78 is 26.9. The molecule has 1 aliphatic carbocycles. The van der Waals surface area contributed by atoms with Crippen molar-refractivity contribution in [2.75, 3.05) is 24.5 Å². The summed E-state index contributed by atoms with van der Waals surface area (Å²) in [6, 6.07) is 3.46. The largest absolute Gasteiger partial charge is 0.345 e. The lowest BCUT2D eigenvalue weighted by Crippen LogP contribution is -2.50. The summed E-state index contributed by atoms with van der Waals surface area (Å²) in [4.78, 5) is 25.0. The van der Waals surface area contributed by atoms with Crippen LogP contribution in [0, 0.1) is 11.6 Å². The van der Waals surface area contributed by atoms with Crippen LogP contribution in [0.1, 0.15) is 29.7 Å². The van der Waals surface area contributed by atoms with Crippen molar-refractivity contribution in [3.63, 3.8) is 0 Å². The first-order valence-corrected chi connectivity index (χ1v) is 8.91. The summed E-state index contributed by atoms with van der Waals surface area (Å²) in [7, 11) is 0. The van der Waals surface area contributed by atoms with Crippen LogP contribution in [-0.4, -0.2) is 40.4 Å². The molecule has 1 amide bonds. The molecular formula is C19H20F2N4O. The third kappa shape index (κ3) is 3.25. The summed E-state index contributed by atoms with van der Waals surface area (Å²) >= 11 is 0. The minimum absolute atomic E-state index is 0.0804. The molecule has 1 aromatic heterocycles. The fourth-order valence-electron chi connectivity index (χ4n) is 3.69. The van der Waals surface area contributed by atoms with Crippen LogP contribution in [0.3, 0.4) is 0 Å². The molecule has 0 N–H and O–H groups in total. The van der Waals surface area contributed by atoms with Crippen LogP contribution in [0.2, 0.25) is 0 Å². The number of aromatic nitrogens is 2. The highest BCUT2D eigenvalue weighted by atomic mass is 19.1. The Morgan fingerprint density at radius 1 is 1.08 bits per heavy atom. The normalized spacial score (nSPS) is 17.4. The molecule has 2 heterocycles. The van der Waals surface area contributed by atoms with E-state index in [4.69, 9.17) is 0 Å². The first kappa shape index (κ1) is 16.9. The Hall–Kier alpha value is -2.57. The first-order chi connectivity index (χ1) is 12.6. The zero-order valence-corrected chi connectivity index (χ0v) is 14.4. The van der Waals surface area contributed by atoms with E-state index in [2.05, 4.69) is 9.97 Å². The third-order valence-electron chi connectivity index (χ3n) is 5.10. The molecule has 0 saturated carbocycles. The Morgan fingerprint density at radius 2 is 1.92 bits per heavy atom. The van der Waals surface area contributed by atoms with Gasteiger partial charge in [-0.2, -0.15) is 0 Å². The van der Waals surface area contributed by atoms with E-state index in [1.165, 1.54) is 12.1 Å². The van der Waals surface area contributed by atoms with Gasteiger partial charge in [-0.15, -0.1) is 0 Å². The Balaban J connectivity index is 1.48. The molecule has 1 fully saturated rings. The minimum atomic E-state index is -0.620. The predicted octanol–water partition coefficient (Wildman–Crippen LogP) is 2.48. The number of benzene rings is 1. The van der Waals surface area contributed by atoms with Gasteiger partial charge in [0.05, 0.1) is 6.54 Å². The number of carbonyl (C=O) groups excluding carboxylic acids is 1. The molecule has 136 valence electrons. The van der Waals surface area contributed by atoms with Gasteiger partial charge in [0.2, 0.25) is 5.91 Å². The lowest BCUT2D eigenvalue weighted by atomic mass is 9.96. The van der Waals surface area contributed by atoms with E-state index < -0.39 is 11.6 Å². The van der Waals surface area contributed by atoms with Gasteiger partial charge in [-0.25, -0.2) is 18.7 Å². The van der Waals surface area contributed by atoms with Crippen molar-refractivity contribution in [1.29, 1.82) is 0 Å². The highest BCUT2D eigenvalue weighted by Gasteiger charge is 2.28. The van der Waals surface area contributed by atoms with Gasteiger partial charge in [-0.1, -0.05) is 6.07 Å². The molecule has 7 heteroatoms. The highest BCUT2D eigenvalue weighted by molar-refractivity contribution is 5.82. The van der Waals surface area contributed by atoms with Gasteiger partial charge in [0.15, 0.2) is 0 Å². The molecule has 2 aromatic rings. The Bertz CT molecular complexity index is 842. The molecule has 26 heavy (non-hydrogen) atoms.